The predicted octanol–water partition coefficient (Wildman–Crippen LogP) is 2.27. The van der Waals surface area contributed by atoms with Crippen LogP contribution in [-0.4, -0.2) is 36.3 Å². The van der Waals surface area contributed by atoms with Crippen LogP contribution in [0.25, 0.3) is 0 Å². The van der Waals surface area contributed by atoms with E-state index in [1.165, 1.54) is 11.3 Å². The number of carbonyl (C=O) groups is 2. The first-order chi connectivity index (χ1) is 9.27. The van der Waals surface area contributed by atoms with Crippen LogP contribution in [0, 0.1) is 0 Å². The number of carbonyl (C=O) groups excluding carboxylic acids is 2. The molecule has 19 heavy (non-hydrogen) atoms. The van der Waals surface area contributed by atoms with Gasteiger partial charge in [0.1, 0.15) is 0 Å². The molecule has 4 nitrogen and oxygen atoms in total. The molecule has 0 saturated carbocycles. The molecule has 1 aliphatic rings. The molecule has 0 radical (unpaired) electrons. The summed E-state index contributed by atoms with van der Waals surface area (Å²) >= 11 is 1.53. The maximum absolute atomic E-state index is 12.3. The van der Waals surface area contributed by atoms with Gasteiger partial charge in [0.15, 0.2) is 0 Å². The van der Waals surface area contributed by atoms with E-state index in [1.807, 2.05) is 21.7 Å². The highest BCUT2D eigenvalue weighted by Crippen LogP contribution is 2.12. The number of hydrogen-bond donors (Lipinski definition) is 1. The fourth-order valence-corrected chi connectivity index (χ4v) is 2.85. The van der Waals surface area contributed by atoms with Crippen molar-refractivity contribution in [3.63, 3.8) is 0 Å². The standard InChI is InChI=1S/C14H20N2O2S/c17-13-5-9-16(8-4-2-1-3-7-15-13)14(18)12-6-10-19-11-12/h6,10-11H,1-5,7-9H2,(H,15,17). The SMILES string of the molecule is O=C1CCN(C(=O)c2ccsc2)CCCCCCN1. The third-order valence-electron chi connectivity index (χ3n) is 3.34. The first-order valence-electron chi connectivity index (χ1n) is 6.85. The molecule has 5 heteroatoms. The predicted molar refractivity (Wildman–Crippen MR) is 76.3 cm³/mol. The number of amides is 2. The van der Waals surface area contributed by atoms with E-state index in [9.17, 15) is 9.59 Å². The summed E-state index contributed by atoms with van der Waals surface area (Å²) in [5.74, 6) is 0.0957. The molecule has 2 heterocycles. The minimum atomic E-state index is 0.0463. The van der Waals surface area contributed by atoms with Crippen LogP contribution in [0.1, 0.15) is 42.5 Å². The van der Waals surface area contributed by atoms with Gasteiger partial charge in [0.05, 0.1) is 5.56 Å². The maximum atomic E-state index is 12.3. The van der Waals surface area contributed by atoms with Gasteiger partial charge < -0.3 is 10.2 Å². The topological polar surface area (TPSA) is 49.4 Å². The zero-order chi connectivity index (χ0) is 13.5. The summed E-state index contributed by atoms with van der Waals surface area (Å²) in [5.41, 5.74) is 0.736. The molecule has 0 bridgehead atoms. The van der Waals surface area contributed by atoms with Crippen molar-refractivity contribution in [1.82, 2.24) is 10.2 Å². The van der Waals surface area contributed by atoms with E-state index < -0.39 is 0 Å². The normalized spacial score (nSPS) is 18.5. The van der Waals surface area contributed by atoms with Crippen molar-refractivity contribution >= 4 is 23.2 Å². The highest BCUT2D eigenvalue weighted by Gasteiger charge is 2.17. The van der Waals surface area contributed by atoms with Gasteiger partial charge in [0.2, 0.25) is 5.91 Å². The Hall–Kier alpha value is -1.36. The quantitative estimate of drug-likeness (QED) is 0.858. The Balaban J connectivity index is 1.98. The second-order valence-electron chi connectivity index (χ2n) is 4.82. The highest BCUT2D eigenvalue weighted by atomic mass is 32.1. The largest absolute Gasteiger partial charge is 0.356 e. The van der Waals surface area contributed by atoms with E-state index in [-0.39, 0.29) is 11.8 Å². The van der Waals surface area contributed by atoms with Crippen LogP contribution in [0.3, 0.4) is 0 Å². The van der Waals surface area contributed by atoms with Crippen molar-refractivity contribution in [2.45, 2.75) is 32.1 Å². The van der Waals surface area contributed by atoms with Crippen LogP contribution in [-0.2, 0) is 4.79 Å². The van der Waals surface area contributed by atoms with Crippen molar-refractivity contribution in [3.8, 4) is 0 Å². The summed E-state index contributed by atoms with van der Waals surface area (Å²) in [7, 11) is 0. The smallest absolute Gasteiger partial charge is 0.254 e. The molecule has 1 saturated heterocycles. The molecule has 0 spiro atoms. The summed E-state index contributed by atoms with van der Waals surface area (Å²) in [6.45, 7) is 2.03. The van der Waals surface area contributed by atoms with Gasteiger partial charge in [0.25, 0.3) is 5.91 Å². The third kappa shape index (κ3) is 4.35. The van der Waals surface area contributed by atoms with E-state index in [1.54, 1.807) is 0 Å². The molecule has 104 valence electrons. The fourth-order valence-electron chi connectivity index (χ4n) is 2.22. The fraction of sp³-hybridized carbons (Fsp3) is 0.571. The minimum absolute atomic E-state index is 0.0463. The average molecular weight is 280 g/mol. The van der Waals surface area contributed by atoms with Gasteiger partial charge in [-0.25, -0.2) is 0 Å². The number of nitrogens with zero attached hydrogens (tertiary/aromatic N) is 1. The van der Waals surface area contributed by atoms with E-state index in [0.717, 1.165) is 44.3 Å². The molecule has 0 atom stereocenters. The Labute approximate surface area is 117 Å². The third-order valence-corrected chi connectivity index (χ3v) is 4.02. The lowest BCUT2D eigenvalue weighted by molar-refractivity contribution is -0.121. The molecular weight excluding hydrogens is 260 g/mol. The van der Waals surface area contributed by atoms with E-state index in [0.29, 0.717) is 13.0 Å². The summed E-state index contributed by atoms with van der Waals surface area (Å²) in [5, 5.41) is 6.68. The van der Waals surface area contributed by atoms with Gasteiger partial charge in [-0.05, 0) is 24.3 Å². The highest BCUT2D eigenvalue weighted by molar-refractivity contribution is 7.08. The molecular formula is C14H20N2O2S. The summed E-state index contributed by atoms with van der Waals surface area (Å²) in [6, 6.07) is 1.85. The molecule has 0 aliphatic carbocycles. The zero-order valence-corrected chi connectivity index (χ0v) is 11.9. The van der Waals surface area contributed by atoms with E-state index in [2.05, 4.69) is 5.32 Å². The lowest BCUT2D eigenvalue weighted by atomic mass is 10.2. The number of hydrogen-bond acceptors (Lipinski definition) is 3. The lowest BCUT2D eigenvalue weighted by Crippen LogP contribution is -2.35. The Kier molecular flexibility index (Phi) is 5.39. The first-order valence-corrected chi connectivity index (χ1v) is 7.80. The van der Waals surface area contributed by atoms with Crippen molar-refractivity contribution in [3.05, 3.63) is 22.4 Å². The van der Waals surface area contributed by atoms with Crippen molar-refractivity contribution in [2.24, 2.45) is 0 Å². The van der Waals surface area contributed by atoms with Gasteiger partial charge >= 0.3 is 0 Å². The summed E-state index contributed by atoms with van der Waals surface area (Å²) in [6.07, 6.45) is 4.67. The number of nitrogens with one attached hydrogen (secondary N) is 1. The van der Waals surface area contributed by atoms with Crippen LogP contribution < -0.4 is 5.32 Å². The van der Waals surface area contributed by atoms with E-state index >= 15 is 0 Å². The van der Waals surface area contributed by atoms with Crippen molar-refractivity contribution < 1.29 is 9.59 Å². The van der Waals surface area contributed by atoms with Gasteiger partial charge in [-0.15, -0.1) is 0 Å². The first kappa shape index (κ1) is 14.1. The molecule has 1 aliphatic heterocycles. The van der Waals surface area contributed by atoms with E-state index in [4.69, 9.17) is 0 Å². The molecule has 1 N–H and O–H groups in total. The van der Waals surface area contributed by atoms with Crippen LogP contribution in [0.5, 0.6) is 0 Å². The van der Waals surface area contributed by atoms with Crippen LogP contribution in [0.15, 0.2) is 16.8 Å². The summed E-state index contributed by atoms with van der Waals surface area (Å²) < 4.78 is 0. The van der Waals surface area contributed by atoms with Crippen molar-refractivity contribution in [2.75, 3.05) is 19.6 Å². The second-order valence-corrected chi connectivity index (χ2v) is 5.60. The van der Waals surface area contributed by atoms with Crippen molar-refractivity contribution in [1.29, 1.82) is 0 Å². The second kappa shape index (κ2) is 7.28. The number of thiophene rings is 1. The van der Waals surface area contributed by atoms with Gasteiger partial charge in [-0.2, -0.15) is 11.3 Å². The minimum Gasteiger partial charge on any atom is -0.356 e. The molecule has 1 aromatic heterocycles. The molecule has 2 rings (SSSR count). The Morgan fingerprint density at radius 3 is 2.84 bits per heavy atom. The molecule has 0 aromatic carbocycles. The number of rotatable bonds is 1. The van der Waals surface area contributed by atoms with Gasteiger partial charge in [0, 0.05) is 31.4 Å². The summed E-state index contributed by atoms with van der Waals surface area (Å²) in [4.78, 5) is 25.8. The lowest BCUT2D eigenvalue weighted by Gasteiger charge is -2.21. The maximum Gasteiger partial charge on any atom is 0.254 e. The molecule has 1 aromatic rings. The Morgan fingerprint density at radius 1 is 1.21 bits per heavy atom. The van der Waals surface area contributed by atoms with Gasteiger partial charge in [-0.1, -0.05) is 12.8 Å². The average Bonchev–Trinajstić information content (AvgIpc) is 2.92. The molecule has 0 unspecified atom stereocenters. The van der Waals surface area contributed by atoms with Crippen LogP contribution >= 0.6 is 11.3 Å². The van der Waals surface area contributed by atoms with Gasteiger partial charge in [-0.3, -0.25) is 9.59 Å². The Morgan fingerprint density at radius 2 is 2.05 bits per heavy atom. The monoisotopic (exact) mass is 280 g/mol. The molecule has 2 amide bonds. The van der Waals surface area contributed by atoms with Crippen LogP contribution in [0.2, 0.25) is 0 Å². The Bertz CT molecular complexity index is 417. The molecule has 1 fully saturated rings. The zero-order valence-electron chi connectivity index (χ0n) is 11.1. The van der Waals surface area contributed by atoms with Crippen LogP contribution in [0.4, 0.5) is 0 Å².